The molecule has 3 rings (SSSR count). The van der Waals surface area contributed by atoms with Crippen molar-refractivity contribution < 1.29 is 8.42 Å². The maximum Gasteiger partial charge on any atom is 0.180 e. The monoisotopic (exact) mass is 382 g/mol. The Hall–Kier alpha value is -2.49. The molecule has 0 fully saturated rings. The van der Waals surface area contributed by atoms with Crippen LogP contribution in [0.25, 0.3) is 11.3 Å². The summed E-state index contributed by atoms with van der Waals surface area (Å²) in [4.78, 5) is 10.2. The van der Waals surface area contributed by atoms with Crippen LogP contribution in [0.5, 0.6) is 0 Å². The van der Waals surface area contributed by atoms with E-state index in [1.165, 1.54) is 0 Å². The molecule has 6 heteroatoms. The van der Waals surface area contributed by atoms with Crippen molar-refractivity contribution >= 4 is 21.2 Å². The van der Waals surface area contributed by atoms with Gasteiger partial charge in [-0.25, -0.2) is 13.4 Å². The zero-order chi connectivity index (χ0) is 18.7. The summed E-state index contributed by atoms with van der Waals surface area (Å²) < 4.78 is 24.5. The lowest BCUT2D eigenvalue weighted by atomic mass is 10.1. The molecule has 0 unspecified atom stereocenters. The summed E-state index contributed by atoms with van der Waals surface area (Å²) in [6, 6.07) is 10.6. The number of nitrogens with zero attached hydrogens (tertiary/aromatic N) is 2. The Morgan fingerprint density at radius 3 is 2.42 bits per heavy atom. The Bertz CT molecular complexity index is 1070. The van der Waals surface area contributed by atoms with Gasteiger partial charge in [0.15, 0.2) is 9.84 Å². The molecule has 2 heterocycles. The summed E-state index contributed by atoms with van der Waals surface area (Å²) in [7, 11) is -3.28. The maximum atomic E-state index is 12.2. The van der Waals surface area contributed by atoms with Gasteiger partial charge in [0.05, 0.1) is 32.6 Å². The molecule has 3 aromatic rings. The fourth-order valence-electron chi connectivity index (χ4n) is 2.26. The van der Waals surface area contributed by atoms with Gasteiger partial charge in [-0.05, 0) is 56.2 Å². The Morgan fingerprint density at radius 2 is 1.81 bits per heavy atom. The first-order valence-electron chi connectivity index (χ1n) is 8.11. The van der Waals surface area contributed by atoms with E-state index < -0.39 is 15.1 Å². The van der Waals surface area contributed by atoms with Gasteiger partial charge in [-0.15, -0.1) is 11.3 Å². The molecule has 0 aliphatic carbocycles. The second-order valence-electron chi connectivity index (χ2n) is 6.03. The van der Waals surface area contributed by atoms with E-state index in [0.29, 0.717) is 16.3 Å². The third kappa shape index (κ3) is 3.85. The van der Waals surface area contributed by atoms with Crippen molar-refractivity contribution in [2.45, 2.75) is 30.9 Å². The summed E-state index contributed by atoms with van der Waals surface area (Å²) in [5.74, 6) is 6.16. The lowest BCUT2D eigenvalue weighted by Crippen LogP contribution is -2.13. The Kier molecular flexibility index (Phi) is 5.21. The van der Waals surface area contributed by atoms with Crippen molar-refractivity contribution in [3.63, 3.8) is 0 Å². The van der Waals surface area contributed by atoms with Gasteiger partial charge < -0.3 is 0 Å². The van der Waals surface area contributed by atoms with E-state index in [1.54, 1.807) is 55.6 Å². The highest BCUT2D eigenvalue weighted by Gasteiger charge is 2.19. The molecule has 0 saturated carbocycles. The van der Waals surface area contributed by atoms with Crippen LogP contribution in [0.1, 0.15) is 30.1 Å². The predicted octanol–water partition coefficient (Wildman–Crippen LogP) is 4.10. The Balaban J connectivity index is 1.94. The molecule has 0 aliphatic heterocycles. The van der Waals surface area contributed by atoms with Crippen molar-refractivity contribution in [1.29, 1.82) is 0 Å². The van der Waals surface area contributed by atoms with Crippen LogP contribution in [0.15, 0.2) is 52.9 Å². The van der Waals surface area contributed by atoms with Crippen LogP contribution in [0.3, 0.4) is 0 Å². The van der Waals surface area contributed by atoms with Gasteiger partial charge in [-0.1, -0.05) is 18.2 Å². The highest BCUT2D eigenvalue weighted by molar-refractivity contribution is 7.92. The molecule has 0 amide bonds. The first-order valence-corrected chi connectivity index (χ1v) is 10.5. The zero-order valence-electron chi connectivity index (χ0n) is 14.7. The van der Waals surface area contributed by atoms with E-state index in [1.807, 2.05) is 24.4 Å². The summed E-state index contributed by atoms with van der Waals surface area (Å²) >= 11 is 1.58. The standard InChI is InChI=1S/C20H18N2O2S2/c1-14(2)26(23,24)18-9-6-16(7-10-18)20-13-21-15(3)19(22-20)11-8-17-5-4-12-25-17/h4-7,9-10,12-14H,1-3H3. The summed E-state index contributed by atoms with van der Waals surface area (Å²) in [6.45, 7) is 5.22. The van der Waals surface area contributed by atoms with Crippen LogP contribution in [0.2, 0.25) is 0 Å². The quantitative estimate of drug-likeness (QED) is 0.640. The molecule has 0 saturated heterocycles. The Labute approximate surface area is 157 Å². The summed E-state index contributed by atoms with van der Waals surface area (Å²) in [5.41, 5.74) is 2.85. The minimum Gasteiger partial charge on any atom is -0.256 e. The van der Waals surface area contributed by atoms with Crippen LogP contribution in [0.4, 0.5) is 0 Å². The molecule has 4 nitrogen and oxygen atoms in total. The molecule has 0 atom stereocenters. The lowest BCUT2D eigenvalue weighted by Gasteiger charge is -2.09. The van der Waals surface area contributed by atoms with Crippen molar-refractivity contribution in [2.24, 2.45) is 0 Å². The average Bonchev–Trinajstić information content (AvgIpc) is 3.14. The van der Waals surface area contributed by atoms with Crippen LogP contribution in [-0.4, -0.2) is 23.6 Å². The third-order valence-corrected chi connectivity index (χ3v) is 6.84. The van der Waals surface area contributed by atoms with Gasteiger partial charge >= 0.3 is 0 Å². The van der Waals surface area contributed by atoms with Crippen molar-refractivity contribution in [3.05, 3.63) is 64.2 Å². The van der Waals surface area contributed by atoms with Gasteiger partial charge in [-0.2, -0.15) is 0 Å². The SMILES string of the molecule is Cc1ncc(-c2ccc(S(=O)(=O)C(C)C)cc2)nc1C#Cc1cccs1. The first kappa shape index (κ1) is 18.3. The number of hydrogen-bond acceptors (Lipinski definition) is 5. The van der Waals surface area contributed by atoms with Gasteiger partial charge in [-0.3, -0.25) is 4.98 Å². The summed E-state index contributed by atoms with van der Waals surface area (Å²) in [5, 5.41) is 1.53. The van der Waals surface area contributed by atoms with Gasteiger partial charge in [0.2, 0.25) is 0 Å². The largest absolute Gasteiger partial charge is 0.256 e. The lowest BCUT2D eigenvalue weighted by molar-refractivity contribution is 0.587. The molecular weight excluding hydrogens is 364 g/mol. The van der Waals surface area contributed by atoms with E-state index in [-0.39, 0.29) is 0 Å². The topological polar surface area (TPSA) is 59.9 Å². The number of hydrogen-bond donors (Lipinski definition) is 0. The molecule has 26 heavy (non-hydrogen) atoms. The molecule has 0 aliphatic rings. The number of aromatic nitrogens is 2. The number of aryl methyl sites for hydroxylation is 1. The number of sulfone groups is 1. The van der Waals surface area contributed by atoms with E-state index in [9.17, 15) is 8.42 Å². The Morgan fingerprint density at radius 1 is 1.08 bits per heavy atom. The van der Waals surface area contributed by atoms with E-state index >= 15 is 0 Å². The van der Waals surface area contributed by atoms with Gasteiger partial charge in [0.25, 0.3) is 0 Å². The fraction of sp³-hybridized carbons (Fsp3) is 0.200. The van der Waals surface area contributed by atoms with E-state index in [2.05, 4.69) is 21.8 Å². The highest BCUT2D eigenvalue weighted by Crippen LogP contribution is 2.22. The molecule has 132 valence electrons. The second-order valence-corrected chi connectivity index (χ2v) is 9.49. The van der Waals surface area contributed by atoms with Crippen LogP contribution < -0.4 is 0 Å². The van der Waals surface area contributed by atoms with Crippen molar-refractivity contribution in [1.82, 2.24) is 9.97 Å². The number of benzene rings is 1. The van der Waals surface area contributed by atoms with E-state index in [0.717, 1.165) is 16.1 Å². The first-order chi connectivity index (χ1) is 12.4. The molecule has 1 aromatic carbocycles. The number of thiophene rings is 1. The second kappa shape index (κ2) is 7.40. The maximum absolute atomic E-state index is 12.2. The van der Waals surface area contributed by atoms with Gasteiger partial charge in [0.1, 0.15) is 5.69 Å². The average molecular weight is 383 g/mol. The minimum absolute atomic E-state index is 0.314. The van der Waals surface area contributed by atoms with Crippen molar-refractivity contribution in [2.75, 3.05) is 0 Å². The minimum atomic E-state index is -3.28. The smallest absolute Gasteiger partial charge is 0.180 e. The molecular formula is C20H18N2O2S2. The van der Waals surface area contributed by atoms with Gasteiger partial charge in [0, 0.05) is 5.56 Å². The van der Waals surface area contributed by atoms with Crippen LogP contribution in [0, 0.1) is 18.8 Å². The molecule has 0 bridgehead atoms. The molecule has 0 N–H and O–H groups in total. The van der Waals surface area contributed by atoms with Crippen molar-refractivity contribution in [3.8, 4) is 23.1 Å². The zero-order valence-corrected chi connectivity index (χ0v) is 16.4. The summed E-state index contributed by atoms with van der Waals surface area (Å²) in [6.07, 6.45) is 1.68. The van der Waals surface area contributed by atoms with E-state index in [4.69, 9.17) is 0 Å². The third-order valence-electron chi connectivity index (χ3n) is 3.88. The predicted molar refractivity (Wildman–Crippen MR) is 105 cm³/mol. The molecule has 0 spiro atoms. The van der Waals surface area contributed by atoms with Crippen LogP contribution in [-0.2, 0) is 9.84 Å². The molecule has 0 radical (unpaired) electrons. The normalized spacial score (nSPS) is 11.2. The molecule has 2 aromatic heterocycles. The van der Waals surface area contributed by atoms with Crippen LogP contribution >= 0.6 is 11.3 Å². The fourth-order valence-corrected chi connectivity index (χ4v) is 3.90. The highest BCUT2D eigenvalue weighted by atomic mass is 32.2. The number of rotatable bonds is 3.